The maximum Gasteiger partial charge on any atom is 0.276 e. The fraction of sp³-hybridized carbons (Fsp3) is 0.111. The van der Waals surface area contributed by atoms with Gasteiger partial charge in [-0.25, -0.2) is 5.01 Å². The van der Waals surface area contributed by atoms with Crippen molar-refractivity contribution < 1.29 is 9.59 Å². The Morgan fingerprint density at radius 1 is 0.864 bits per heavy atom. The number of amides is 2. The molecule has 0 N–H and O–H groups in total. The quantitative estimate of drug-likeness (QED) is 0.457. The Bertz CT molecular complexity index is 798. The van der Waals surface area contributed by atoms with E-state index >= 15 is 0 Å². The van der Waals surface area contributed by atoms with E-state index in [0.717, 1.165) is 5.56 Å². The summed E-state index contributed by atoms with van der Waals surface area (Å²) in [4.78, 5) is 24.6. The highest BCUT2D eigenvalue weighted by Gasteiger charge is 2.48. The lowest BCUT2D eigenvalue weighted by Crippen LogP contribution is -2.36. The molecule has 4 heteroatoms. The zero-order valence-electron chi connectivity index (χ0n) is 11.7. The predicted molar refractivity (Wildman–Crippen MR) is 80.8 cm³/mol. The van der Waals surface area contributed by atoms with Gasteiger partial charge in [-0.3, -0.25) is 9.59 Å². The first-order valence-electron chi connectivity index (χ1n) is 7.06. The number of fused-ring (bicyclic) bond motifs is 1. The molecular weight excluding hydrogens is 276 g/mol. The van der Waals surface area contributed by atoms with Gasteiger partial charge in [0.2, 0.25) is 0 Å². The molecule has 2 aliphatic heterocycles. The van der Waals surface area contributed by atoms with Gasteiger partial charge in [-0.05, 0) is 24.3 Å². The molecule has 4 rings (SSSR count). The third kappa shape index (κ3) is 2.00. The van der Waals surface area contributed by atoms with Crippen LogP contribution in [-0.4, -0.2) is 34.4 Å². The Labute approximate surface area is 127 Å². The number of hydrogen-bond acceptors (Lipinski definition) is 3. The van der Waals surface area contributed by atoms with Crippen molar-refractivity contribution in [3.63, 3.8) is 0 Å². The maximum absolute atomic E-state index is 12.3. The van der Waals surface area contributed by atoms with Gasteiger partial charge in [0.25, 0.3) is 11.8 Å². The van der Waals surface area contributed by atoms with Gasteiger partial charge in [-0.1, -0.05) is 42.2 Å². The van der Waals surface area contributed by atoms with Gasteiger partial charge in [0.15, 0.2) is 0 Å². The topological polar surface area (TPSA) is 40.4 Å². The summed E-state index contributed by atoms with van der Waals surface area (Å²) in [5.74, 6) is 5.65. The van der Waals surface area contributed by atoms with Crippen LogP contribution in [0.2, 0.25) is 0 Å². The van der Waals surface area contributed by atoms with Crippen LogP contribution in [0.25, 0.3) is 0 Å². The molecule has 0 aromatic heterocycles. The van der Waals surface area contributed by atoms with E-state index in [-0.39, 0.29) is 17.9 Å². The van der Waals surface area contributed by atoms with Crippen molar-refractivity contribution in [1.82, 2.24) is 10.0 Å². The van der Waals surface area contributed by atoms with E-state index in [4.69, 9.17) is 0 Å². The zero-order valence-corrected chi connectivity index (χ0v) is 11.7. The van der Waals surface area contributed by atoms with Crippen LogP contribution in [0.15, 0.2) is 54.6 Å². The minimum Gasteiger partial charge on any atom is -0.267 e. The van der Waals surface area contributed by atoms with E-state index in [1.54, 1.807) is 29.3 Å². The second kappa shape index (κ2) is 4.83. The minimum atomic E-state index is -0.260. The highest BCUT2D eigenvalue weighted by atomic mass is 16.2. The molecule has 1 saturated heterocycles. The third-order valence-corrected chi connectivity index (χ3v) is 3.77. The van der Waals surface area contributed by atoms with Gasteiger partial charge in [-0.2, -0.15) is 5.01 Å². The van der Waals surface area contributed by atoms with Crippen LogP contribution in [-0.2, 0) is 0 Å². The van der Waals surface area contributed by atoms with E-state index < -0.39 is 0 Å². The standard InChI is InChI=1S/C18H12N2O2/c21-17-15-8-4-5-9-16(15)18(22)20(17)19-12-14(19)11-10-13-6-2-1-3-7-13/h1-9,14H,12H2. The molecule has 2 heterocycles. The van der Waals surface area contributed by atoms with Crippen LogP contribution in [0.1, 0.15) is 26.3 Å². The molecule has 4 nitrogen and oxygen atoms in total. The molecule has 0 radical (unpaired) electrons. The van der Waals surface area contributed by atoms with E-state index in [0.29, 0.717) is 17.7 Å². The Morgan fingerprint density at radius 3 is 2.09 bits per heavy atom. The average molecular weight is 288 g/mol. The van der Waals surface area contributed by atoms with Crippen LogP contribution in [0.3, 0.4) is 0 Å². The number of imide groups is 1. The van der Waals surface area contributed by atoms with Gasteiger partial charge < -0.3 is 0 Å². The number of hydrogen-bond donors (Lipinski definition) is 0. The van der Waals surface area contributed by atoms with Crippen LogP contribution in [0.4, 0.5) is 0 Å². The molecule has 2 aromatic carbocycles. The van der Waals surface area contributed by atoms with Crippen molar-refractivity contribution in [2.75, 3.05) is 6.54 Å². The Kier molecular flexibility index (Phi) is 2.81. The summed E-state index contributed by atoms with van der Waals surface area (Å²) in [6.45, 7) is 0.602. The van der Waals surface area contributed by atoms with Gasteiger partial charge in [-0.15, -0.1) is 0 Å². The first-order chi connectivity index (χ1) is 10.8. The molecule has 2 amide bonds. The number of nitrogens with zero attached hydrogens (tertiary/aromatic N) is 2. The molecular formula is C18H12N2O2. The second-order valence-corrected chi connectivity index (χ2v) is 5.24. The van der Waals surface area contributed by atoms with Crippen LogP contribution in [0, 0.1) is 11.8 Å². The molecule has 106 valence electrons. The van der Waals surface area contributed by atoms with Crippen molar-refractivity contribution in [2.45, 2.75) is 6.04 Å². The first kappa shape index (κ1) is 12.8. The van der Waals surface area contributed by atoms with Crippen LogP contribution < -0.4 is 0 Å². The zero-order chi connectivity index (χ0) is 15.1. The lowest BCUT2D eigenvalue weighted by molar-refractivity contribution is 0.0385. The van der Waals surface area contributed by atoms with Crippen LogP contribution in [0.5, 0.6) is 0 Å². The maximum atomic E-state index is 12.3. The monoisotopic (exact) mass is 288 g/mol. The Morgan fingerprint density at radius 2 is 1.45 bits per heavy atom. The lowest BCUT2D eigenvalue weighted by atomic mass is 10.1. The fourth-order valence-electron chi connectivity index (χ4n) is 2.57. The fourth-order valence-corrected chi connectivity index (χ4v) is 2.57. The molecule has 2 aromatic rings. The molecule has 2 aliphatic rings. The number of hydrazine groups is 1. The second-order valence-electron chi connectivity index (χ2n) is 5.24. The number of benzene rings is 2. The van der Waals surface area contributed by atoms with E-state index in [9.17, 15) is 9.59 Å². The molecule has 22 heavy (non-hydrogen) atoms. The first-order valence-corrected chi connectivity index (χ1v) is 7.06. The molecule has 2 atom stereocenters. The predicted octanol–water partition coefficient (Wildman–Crippen LogP) is 1.93. The van der Waals surface area contributed by atoms with Crippen molar-refractivity contribution in [3.8, 4) is 11.8 Å². The summed E-state index contributed by atoms with van der Waals surface area (Å²) < 4.78 is 0. The van der Waals surface area contributed by atoms with Crippen LogP contribution >= 0.6 is 0 Å². The van der Waals surface area contributed by atoms with Crippen molar-refractivity contribution in [1.29, 1.82) is 0 Å². The highest BCUT2D eigenvalue weighted by Crippen LogP contribution is 2.30. The third-order valence-electron chi connectivity index (χ3n) is 3.77. The summed E-state index contributed by atoms with van der Waals surface area (Å²) in [6, 6.07) is 16.5. The number of rotatable bonds is 1. The van der Waals surface area contributed by atoms with E-state index in [1.807, 2.05) is 30.3 Å². The number of carbonyl (C=O) groups is 2. The summed E-state index contributed by atoms with van der Waals surface area (Å²) >= 11 is 0. The molecule has 2 unspecified atom stereocenters. The highest BCUT2D eigenvalue weighted by molar-refractivity contribution is 6.21. The van der Waals surface area contributed by atoms with Crippen molar-refractivity contribution in [2.24, 2.45) is 0 Å². The SMILES string of the molecule is O=C1c2ccccc2C(=O)N1N1CC1C#Cc1ccccc1. The summed E-state index contributed by atoms with van der Waals surface area (Å²) in [7, 11) is 0. The Hall–Kier alpha value is -2.90. The summed E-state index contributed by atoms with van der Waals surface area (Å²) in [5, 5.41) is 2.93. The molecule has 0 aliphatic carbocycles. The molecule has 1 fully saturated rings. The summed E-state index contributed by atoms with van der Waals surface area (Å²) in [5.41, 5.74) is 1.86. The number of carbonyl (C=O) groups excluding carboxylic acids is 2. The van der Waals surface area contributed by atoms with E-state index in [2.05, 4.69) is 11.8 Å². The van der Waals surface area contributed by atoms with Gasteiger partial charge >= 0.3 is 0 Å². The lowest BCUT2D eigenvalue weighted by Gasteiger charge is -2.13. The smallest absolute Gasteiger partial charge is 0.267 e. The van der Waals surface area contributed by atoms with E-state index in [1.165, 1.54) is 5.01 Å². The largest absolute Gasteiger partial charge is 0.276 e. The van der Waals surface area contributed by atoms with Gasteiger partial charge in [0, 0.05) is 12.1 Å². The van der Waals surface area contributed by atoms with Gasteiger partial charge in [0.05, 0.1) is 11.1 Å². The van der Waals surface area contributed by atoms with Gasteiger partial charge in [0.1, 0.15) is 6.04 Å². The average Bonchev–Trinajstić information content (AvgIpc) is 3.28. The molecule has 0 saturated carbocycles. The molecule has 0 spiro atoms. The van der Waals surface area contributed by atoms with Crippen molar-refractivity contribution >= 4 is 11.8 Å². The van der Waals surface area contributed by atoms with Crippen molar-refractivity contribution in [3.05, 3.63) is 71.3 Å². The Balaban J connectivity index is 1.54. The normalized spacial score (nSPS) is 22.1. The molecule has 0 bridgehead atoms. The summed E-state index contributed by atoms with van der Waals surface area (Å²) in [6.07, 6.45) is 0. The minimum absolute atomic E-state index is 0.0811.